The number of fused-ring (bicyclic) bond motifs is 2. The molecule has 136 valence electrons. The molecular weight excluding hydrogens is 338 g/mol. The van der Waals surface area contributed by atoms with Crippen LogP contribution in [0.2, 0.25) is 0 Å². The van der Waals surface area contributed by atoms with E-state index in [1.807, 2.05) is 12.1 Å². The predicted molar refractivity (Wildman–Crippen MR) is 94.8 cm³/mol. The quantitative estimate of drug-likeness (QED) is 0.892. The zero-order chi connectivity index (χ0) is 17.6. The van der Waals surface area contributed by atoms with Gasteiger partial charge in [-0.15, -0.1) is 0 Å². The van der Waals surface area contributed by atoms with Crippen molar-refractivity contribution < 1.29 is 18.3 Å². The molecule has 1 heterocycles. The Balaban J connectivity index is 1.55. The minimum Gasteiger partial charge on any atom is -0.480 e. The first-order valence-corrected chi connectivity index (χ1v) is 10.9. The molecule has 1 aromatic rings. The number of hydrogen-bond donors (Lipinski definition) is 1. The summed E-state index contributed by atoms with van der Waals surface area (Å²) in [5, 5.41) is 9.59. The first kappa shape index (κ1) is 17.0. The third-order valence-electron chi connectivity index (χ3n) is 6.22. The number of carbonyl (C=O) groups is 1. The summed E-state index contributed by atoms with van der Waals surface area (Å²) in [6.45, 7) is 0. The van der Waals surface area contributed by atoms with E-state index in [1.165, 1.54) is 15.4 Å². The summed E-state index contributed by atoms with van der Waals surface area (Å²) in [5.74, 6) is -0.660. The van der Waals surface area contributed by atoms with Crippen LogP contribution in [0.25, 0.3) is 0 Å². The average Bonchev–Trinajstić information content (AvgIpc) is 3.14. The van der Waals surface area contributed by atoms with Gasteiger partial charge < -0.3 is 5.11 Å². The molecule has 3 unspecified atom stereocenters. The third kappa shape index (κ3) is 3.10. The van der Waals surface area contributed by atoms with Crippen molar-refractivity contribution in [2.24, 2.45) is 11.8 Å². The van der Waals surface area contributed by atoms with Crippen LogP contribution in [0.15, 0.2) is 24.3 Å². The normalized spacial score (nSPS) is 30.2. The molecular formula is C19H25NO4S. The molecule has 4 rings (SSSR count). The van der Waals surface area contributed by atoms with Crippen LogP contribution in [0, 0.1) is 11.8 Å². The van der Waals surface area contributed by atoms with E-state index in [0.29, 0.717) is 6.42 Å². The fourth-order valence-corrected chi connectivity index (χ4v) is 7.44. The number of carboxylic acid groups (broad SMARTS) is 1. The number of nitrogens with zero attached hydrogens (tertiary/aromatic N) is 1. The SMILES string of the molecule is O=C(O)C1CC2CCCCC2N1S(=O)(=O)CC1Cc2ccccc2C1. The maximum absolute atomic E-state index is 13.2. The van der Waals surface area contributed by atoms with Crippen molar-refractivity contribution in [1.29, 1.82) is 0 Å². The van der Waals surface area contributed by atoms with Gasteiger partial charge >= 0.3 is 5.97 Å². The van der Waals surface area contributed by atoms with Crippen LogP contribution in [-0.4, -0.2) is 41.6 Å². The fourth-order valence-electron chi connectivity index (χ4n) is 5.18. The van der Waals surface area contributed by atoms with E-state index in [2.05, 4.69) is 12.1 Å². The van der Waals surface area contributed by atoms with Crippen LogP contribution < -0.4 is 0 Å². The van der Waals surface area contributed by atoms with Crippen LogP contribution in [0.5, 0.6) is 0 Å². The van der Waals surface area contributed by atoms with E-state index in [9.17, 15) is 18.3 Å². The molecule has 1 saturated carbocycles. The van der Waals surface area contributed by atoms with Gasteiger partial charge in [-0.2, -0.15) is 4.31 Å². The number of benzene rings is 1. The highest BCUT2D eigenvalue weighted by Gasteiger charge is 2.51. The van der Waals surface area contributed by atoms with Gasteiger partial charge in [0.1, 0.15) is 6.04 Å². The highest BCUT2D eigenvalue weighted by atomic mass is 32.2. The molecule has 1 N–H and O–H groups in total. The zero-order valence-corrected chi connectivity index (χ0v) is 15.1. The monoisotopic (exact) mass is 363 g/mol. The minimum atomic E-state index is -3.57. The van der Waals surface area contributed by atoms with Crippen molar-refractivity contribution in [2.45, 2.75) is 57.0 Å². The summed E-state index contributed by atoms with van der Waals surface area (Å²) in [6, 6.07) is 7.13. The first-order valence-electron chi connectivity index (χ1n) is 9.26. The van der Waals surface area contributed by atoms with Gasteiger partial charge in [0.05, 0.1) is 5.75 Å². The highest BCUT2D eigenvalue weighted by Crippen LogP contribution is 2.42. The Labute approximate surface area is 149 Å². The Kier molecular flexibility index (Phi) is 4.36. The summed E-state index contributed by atoms with van der Waals surface area (Å²) in [4.78, 5) is 11.7. The molecule has 3 aliphatic rings. The molecule has 5 nitrogen and oxygen atoms in total. The molecule has 1 saturated heterocycles. The van der Waals surface area contributed by atoms with Gasteiger partial charge in [-0.05, 0) is 55.1 Å². The number of hydrogen-bond acceptors (Lipinski definition) is 3. The van der Waals surface area contributed by atoms with E-state index < -0.39 is 22.0 Å². The molecule has 0 amide bonds. The number of aliphatic carboxylic acids is 1. The maximum atomic E-state index is 13.2. The topological polar surface area (TPSA) is 74.7 Å². The molecule has 0 spiro atoms. The number of sulfonamides is 1. The lowest BCUT2D eigenvalue weighted by Crippen LogP contribution is -2.48. The molecule has 3 atom stereocenters. The lowest BCUT2D eigenvalue weighted by molar-refractivity contribution is -0.141. The Morgan fingerprint density at radius 1 is 1.12 bits per heavy atom. The van der Waals surface area contributed by atoms with Crippen molar-refractivity contribution in [3.63, 3.8) is 0 Å². The van der Waals surface area contributed by atoms with Crippen molar-refractivity contribution in [2.75, 3.05) is 5.75 Å². The Hall–Kier alpha value is -1.40. The molecule has 2 aliphatic carbocycles. The minimum absolute atomic E-state index is 0.0551. The summed E-state index contributed by atoms with van der Waals surface area (Å²) >= 11 is 0. The molecule has 1 aliphatic heterocycles. The molecule has 0 radical (unpaired) electrons. The Morgan fingerprint density at radius 3 is 2.40 bits per heavy atom. The largest absolute Gasteiger partial charge is 0.480 e. The van der Waals surface area contributed by atoms with E-state index in [1.54, 1.807) is 0 Å². The van der Waals surface area contributed by atoms with Crippen LogP contribution >= 0.6 is 0 Å². The lowest BCUT2D eigenvalue weighted by atomic mass is 9.85. The molecule has 6 heteroatoms. The van der Waals surface area contributed by atoms with Crippen LogP contribution in [0.3, 0.4) is 0 Å². The second-order valence-corrected chi connectivity index (χ2v) is 9.77. The molecule has 2 fully saturated rings. The van der Waals surface area contributed by atoms with Crippen LogP contribution in [-0.2, 0) is 27.7 Å². The molecule has 1 aromatic carbocycles. The summed E-state index contributed by atoms with van der Waals surface area (Å²) in [5.41, 5.74) is 2.46. The van der Waals surface area contributed by atoms with Crippen molar-refractivity contribution >= 4 is 16.0 Å². The summed E-state index contributed by atoms with van der Waals surface area (Å²) < 4.78 is 27.7. The van der Waals surface area contributed by atoms with E-state index in [-0.39, 0.29) is 23.6 Å². The van der Waals surface area contributed by atoms with Gasteiger partial charge in [0.2, 0.25) is 10.0 Å². The smallest absolute Gasteiger partial charge is 0.322 e. The van der Waals surface area contributed by atoms with E-state index in [4.69, 9.17) is 0 Å². The van der Waals surface area contributed by atoms with Gasteiger partial charge in [0.25, 0.3) is 0 Å². The standard InChI is InChI=1S/C19H25NO4S/c21-19(22)18-11-16-7-3-4-8-17(16)20(18)25(23,24)12-13-9-14-5-1-2-6-15(14)10-13/h1-2,5-6,13,16-18H,3-4,7-12H2,(H,21,22). The Morgan fingerprint density at radius 2 is 1.76 bits per heavy atom. The molecule has 0 aromatic heterocycles. The van der Waals surface area contributed by atoms with Gasteiger partial charge in [0.15, 0.2) is 0 Å². The molecule has 0 bridgehead atoms. The van der Waals surface area contributed by atoms with Crippen molar-refractivity contribution in [3.05, 3.63) is 35.4 Å². The predicted octanol–water partition coefficient (Wildman–Crippen LogP) is 2.45. The van der Waals surface area contributed by atoms with Crippen LogP contribution in [0.4, 0.5) is 0 Å². The fraction of sp³-hybridized carbons (Fsp3) is 0.632. The number of rotatable bonds is 4. The molecule has 25 heavy (non-hydrogen) atoms. The summed E-state index contributed by atoms with van der Waals surface area (Å²) in [6.07, 6.45) is 5.86. The van der Waals surface area contributed by atoms with Gasteiger partial charge in [-0.1, -0.05) is 37.1 Å². The highest BCUT2D eigenvalue weighted by molar-refractivity contribution is 7.89. The van der Waals surface area contributed by atoms with Gasteiger partial charge in [0, 0.05) is 6.04 Å². The van der Waals surface area contributed by atoms with Gasteiger partial charge in [-0.3, -0.25) is 4.79 Å². The van der Waals surface area contributed by atoms with Crippen LogP contribution in [0.1, 0.15) is 43.2 Å². The third-order valence-corrected chi connectivity index (χ3v) is 8.28. The Bertz CT molecular complexity index is 750. The number of carboxylic acids is 1. The average molecular weight is 363 g/mol. The zero-order valence-electron chi connectivity index (χ0n) is 14.3. The van der Waals surface area contributed by atoms with Crippen molar-refractivity contribution in [3.8, 4) is 0 Å². The lowest BCUT2D eigenvalue weighted by Gasteiger charge is -2.32. The summed E-state index contributed by atoms with van der Waals surface area (Å²) in [7, 11) is -3.57. The first-order chi connectivity index (χ1) is 12.0. The second-order valence-electron chi connectivity index (χ2n) is 7.85. The van der Waals surface area contributed by atoms with E-state index >= 15 is 0 Å². The van der Waals surface area contributed by atoms with E-state index in [0.717, 1.165) is 38.5 Å². The van der Waals surface area contributed by atoms with Crippen molar-refractivity contribution in [1.82, 2.24) is 4.31 Å². The second kappa shape index (κ2) is 6.40. The maximum Gasteiger partial charge on any atom is 0.322 e. The van der Waals surface area contributed by atoms with Gasteiger partial charge in [-0.25, -0.2) is 8.42 Å².